The minimum absolute atomic E-state index is 0.0762. The van der Waals surface area contributed by atoms with E-state index in [0.29, 0.717) is 17.2 Å². The lowest BCUT2D eigenvalue weighted by atomic mass is 9.98. The van der Waals surface area contributed by atoms with E-state index < -0.39 is 0 Å². The molecule has 2 aliphatic rings. The standard InChI is InChI=1S/C9H12N4OS/c1-6-4-12-8(14)7(9(12)15-6)5-13-10-2-3-11-13/h2-3,6-7,9H,4-5H2,1H3/t6-,7?,9+/m1/s1. The number of hydrogen-bond acceptors (Lipinski definition) is 4. The molecule has 3 rings (SSSR count). The second-order valence-corrected chi connectivity index (χ2v) is 5.58. The van der Waals surface area contributed by atoms with E-state index in [1.54, 1.807) is 17.2 Å². The zero-order valence-electron chi connectivity index (χ0n) is 8.41. The summed E-state index contributed by atoms with van der Waals surface area (Å²) in [4.78, 5) is 15.3. The van der Waals surface area contributed by atoms with Crippen molar-refractivity contribution in [3.05, 3.63) is 12.4 Å². The van der Waals surface area contributed by atoms with Crippen LogP contribution in [0.25, 0.3) is 0 Å². The van der Waals surface area contributed by atoms with Gasteiger partial charge in [0.2, 0.25) is 5.91 Å². The van der Waals surface area contributed by atoms with E-state index in [0.717, 1.165) is 6.54 Å². The highest BCUT2D eigenvalue weighted by Crippen LogP contribution is 2.43. The smallest absolute Gasteiger partial charge is 0.231 e. The van der Waals surface area contributed by atoms with Crippen molar-refractivity contribution >= 4 is 17.7 Å². The molecule has 5 nitrogen and oxygen atoms in total. The predicted octanol–water partition coefficient (Wildman–Crippen LogP) is 0.198. The molecule has 2 saturated heterocycles. The quantitative estimate of drug-likeness (QED) is 0.673. The Balaban J connectivity index is 1.71. The van der Waals surface area contributed by atoms with Gasteiger partial charge in [0, 0.05) is 11.8 Å². The molecular formula is C9H12N4OS. The summed E-state index contributed by atoms with van der Waals surface area (Å²) in [7, 11) is 0. The van der Waals surface area contributed by atoms with Crippen LogP contribution in [0.2, 0.25) is 0 Å². The highest BCUT2D eigenvalue weighted by Gasteiger charge is 2.52. The van der Waals surface area contributed by atoms with Crippen LogP contribution in [0.5, 0.6) is 0 Å². The molecule has 80 valence electrons. The second kappa shape index (κ2) is 3.23. The minimum atomic E-state index is 0.0762. The molecule has 0 spiro atoms. The molecule has 0 saturated carbocycles. The second-order valence-electron chi connectivity index (χ2n) is 4.02. The number of thioether (sulfide) groups is 1. The number of fused-ring (bicyclic) bond motifs is 1. The van der Waals surface area contributed by atoms with Crippen LogP contribution in [0.4, 0.5) is 0 Å². The Morgan fingerprint density at radius 1 is 1.53 bits per heavy atom. The number of nitrogens with zero attached hydrogens (tertiary/aromatic N) is 4. The monoisotopic (exact) mass is 224 g/mol. The Morgan fingerprint density at radius 3 is 3.00 bits per heavy atom. The van der Waals surface area contributed by atoms with Gasteiger partial charge in [-0.3, -0.25) is 4.79 Å². The van der Waals surface area contributed by atoms with E-state index in [-0.39, 0.29) is 11.8 Å². The molecule has 2 aliphatic heterocycles. The van der Waals surface area contributed by atoms with Crippen LogP contribution in [0, 0.1) is 5.92 Å². The van der Waals surface area contributed by atoms with E-state index in [2.05, 4.69) is 17.1 Å². The van der Waals surface area contributed by atoms with Crippen LogP contribution in [-0.2, 0) is 11.3 Å². The van der Waals surface area contributed by atoms with Gasteiger partial charge in [-0.1, -0.05) is 6.92 Å². The summed E-state index contributed by atoms with van der Waals surface area (Å²) < 4.78 is 0. The lowest BCUT2D eigenvalue weighted by Gasteiger charge is -2.41. The first-order valence-electron chi connectivity index (χ1n) is 5.06. The first kappa shape index (κ1) is 9.21. The van der Waals surface area contributed by atoms with E-state index in [9.17, 15) is 4.79 Å². The topological polar surface area (TPSA) is 51.0 Å². The summed E-state index contributed by atoms with van der Waals surface area (Å²) in [5.74, 6) is 0.335. The fourth-order valence-corrected chi connectivity index (χ4v) is 3.65. The van der Waals surface area contributed by atoms with Crippen LogP contribution in [0.15, 0.2) is 12.4 Å². The molecule has 15 heavy (non-hydrogen) atoms. The van der Waals surface area contributed by atoms with Crippen LogP contribution < -0.4 is 0 Å². The third-order valence-corrected chi connectivity index (χ3v) is 4.38. The van der Waals surface area contributed by atoms with Crippen LogP contribution >= 0.6 is 11.8 Å². The highest BCUT2D eigenvalue weighted by molar-refractivity contribution is 8.00. The Bertz CT molecular complexity index is 379. The van der Waals surface area contributed by atoms with Crippen molar-refractivity contribution in [3.8, 4) is 0 Å². The molecule has 1 amide bonds. The maximum absolute atomic E-state index is 11.8. The van der Waals surface area contributed by atoms with Gasteiger partial charge >= 0.3 is 0 Å². The fourth-order valence-electron chi connectivity index (χ4n) is 2.20. The number of amides is 1. The fraction of sp³-hybridized carbons (Fsp3) is 0.667. The molecule has 0 N–H and O–H groups in total. The Hall–Kier alpha value is -1.04. The van der Waals surface area contributed by atoms with Gasteiger partial charge in [0.25, 0.3) is 0 Å². The summed E-state index contributed by atoms with van der Waals surface area (Å²) in [5.41, 5.74) is 0. The maximum Gasteiger partial charge on any atom is 0.231 e. The largest absolute Gasteiger partial charge is 0.328 e. The number of β-lactam (4-membered cyclic amide) rings is 1. The van der Waals surface area contributed by atoms with Gasteiger partial charge in [0.05, 0.1) is 30.2 Å². The Kier molecular flexibility index (Phi) is 1.98. The average Bonchev–Trinajstić information content (AvgIpc) is 2.82. The van der Waals surface area contributed by atoms with Gasteiger partial charge in [-0.15, -0.1) is 11.8 Å². The van der Waals surface area contributed by atoms with E-state index in [1.807, 2.05) is 16.7 Å². The van der Waals surface area contributed by atoms with Crippen LogP contribution in [0.3, 0.4) is 0 Å². The minimum Gasteiger partial charge on any atom is -0.328 e. The molecule has 3 atom stereocenters. The molecule has 0 bridgehead atoms. The van der Waals surface area contributed by atoms with Gasteiger partial charge < -0.3 is 4.90 Å². The molecule has 1 unspecified atom stereocenters. The molecule has 0 aliphatic carbocycles. The van der Waals surface area contributed by atoms with Crippen molar-refractivity contribution < 1.29 is 4.79 Å². The Morgan fingerprint density at radius 2 is 2.27 bits per heavy atom. The summed E-state index contributed by atoms with van der Waals surface area (Å²) in [5, 5.41) is 8.99. The number of carbonyl (C=O) groups is 1. The van der Waals surface area contributed by atoms with Gasteiger partial charge in [-0.2, -0.15) is 15.0 Å². The first-order valence-corrected chi connectivity index (χ1v) is 6.00. The summed E-state index contributed by atoms with van der Waals surface area (Å²) in [6.45, 7) is 3.68. The number of rotatable bonds is 2. The van der Waals surface area contributed by atoms with Crippen molar-refractivity contribution in [2.45, 2.75) is 24.1 Å². The van der Waals surface area contributed by atoms with Crippen molar-refractivity contribution in [2.75, 3.05) is 6.54 Å². The highest BCUT2D eigenvalue weighted by atomic mass is 32.2. The zero-order valence-corrected chi connectivity index (χ0v) is 9.22. The van der Waals surface area contributed by atoms with Gasteiger partial charge in [0.15, 0.2) is 0 Å². The van der Waals surface area contributed by atoms with Gasteiger partial charge in [-0.25, -0.2) is 0 Å². The molecule has 3 heterocycles. The summed E-state index contributed by atoms with van der Waals surface area (Å²) in [6, 6.07) is 0. The van der Waals surface area contributed by atoms with E-state index in [1.165, 1.54) is 0 Å². The van der Waals surface area contributed by atoms with Gasteiger partial charge in [0.1, 0.15) is 0 Å². The van der Waals surface area contributed by atoms with E-state index >= 15 is 0 Å². The molecule has 0 aromatic carbocycles. The molecule has 1 aromatic rings. The lowest BCUT2D eigenvalue weighted by molar-refractivity contribution is -0.150. The van der Waals surface area contributed by atoms with Gasteiger partial charge in [-0.05, 0) is 0 Å². The summed E-state index contributed by atoms with van der Waals surface area (Å²) >= 11 is 1.89. The molecular weight excluding hydrogens is 212 g/mol. The third-order valence-electron chi connectivity index (χ3n) is 2.90. The average molecular weight is 224 g/mol. The van der Waals surface area contributed by atoms with Crippen molar-refractivity contribution in [3.63, 3.8) is 0 Å². The number of carbonyl (C=O) groups excluding carboxylic acids is 1. The summed E-state index contributed by atoms with van der Waals surface area (Å²) in [6.07, 6.45) is 3.29. The van der Waals surface area contributed by atoms with Crippen molar-refractivity contribution in [1.82, 2.24) is 19.9 Å². The number of aromatic nitrogens is 3. The van der Waals surface area contributed by atoms with E-state index in [4.69, 9.17) is 0 Å². The Labute approximate surface area is 91.8 Å². The number of hydrogen-bond donors (Lipinski definition) is 0. The lowest BCUT2D eigenvalue weighted by Crippen LogP contribution is -2.57. The SMILES string of the molecule is C[C@@H]1CN2C(=O)C(Cn3nccn3)[C@@H]2S1. The van der Waals surface area contributed by atoms with Crippen molar-refractivity contribution in [2.24, 2.45) is 5.92 Å². The molecule has 1 aromatic heterocycles. The predicted molar refractivity (Wildman–Crippen MR) is 56.1 cm³/mol. The maximum atomic E-state index is 11.8. The van der Waals surface area contributed by atoms with Crippen LogP contribution in [0.1, 0.15) is 6.92 Å². The molecule has 2 fully saturated rings. The molecule has 6 heteroatoms. The zero-order chi connectivity index (χ0) is 10.4. The van der Waals surface area contributed by atoms with Crippen molar-refractivity contribution in [1.29, 1.82) is 0 Å². The first-order chi connectivity index (χ1) is 7.25. The normalized spacial score (nSPS) is 34.1. The van der Waals surface area contributed by atoms with Crippen LogP contribution in [-0.4, -0.2) is 43.0 Å². The third kappa shape index (κ3) is 1.35. The molecule has 0 radical (unpaired) electrons.